The van der Waals surface area contributed by atoms with E-state index >= 15 is 0 Å². The summed E-state index contributed by atoms with van der Waals surface area (Å²) in [6, 6.07) is 6.38. The van der Waals surface area contributed by atoms with E-state index in [9.17, 15) is 4.79 Å². The van der Waals surface area contributed by atoms with Gasteiger partial charge in [-0.1, -0.05) is 6.07 Å². The van der Waals surface area contributed by atoms with E-state index < -0.39 is 5.97 Å². The van der Waals surface area contributed by atoms with E-state index in [0.717, 1.165) is 5.56 Å². The third kappa shape index (κ3) is 2.47. The van der Waals surface area contributed by atoms with E-state index in [1.54, 1.807) is 12.1 Å². The second kappa shape index (κ2) is 3.94. The Kier molecular flexibility index (Phi) is 2.90. The first kappa shape index (κ1) is 9.58. The Labute approximate surface area is 77.0 Å². The Bertz CT molecular complexity index is 318. The van der Waals surface area contributed by atoms with Crippen LogP contribution < -0.4 is 4.74 Å². The number of aryl methyl sites for hydroxylation is 1. The standard InChI is InChI=1S/C10H11O3/c1-7-3-4-9(13-2)8(5-7)6-10(11)12/h4-5H,6H2,1-2H3,(H,11,12). The van der Waals surface area contributed by atoms with Crippen molar-refractivity contribution in [2.75, 3.05) is 7.11 Å². The number of aliphatic carboxylic acids is 1. The SMILES string of the molecule is COc1c[c]c(C)cc1CC(=O)O. The molecule has 0 unspecified atom stereocenters. The van der Waals surface area contributed by atoms with Crippen molar-refractivity contribution in [3.05, 3.63) is 29.3 Å². The zero-order chi connectivity index (χ0) is 9.84. The Morgan fingerprint density at radius 1 is 1.69 bits per heavy atom. The highest BCUT2D eigenvalue weighted by molar-refractivity contribution is 5.71. The first-order valence-electron chi connectivity index (χ1n) is 3.90. The van der Waals surface area contributed by atoms with Crippen LogP contribution in [0.25, 0.3) is 0 Å². The fraction of sp³-hybridized carbons (Fsp3) is 0.300. The summed E-state index contributed by atoms with van der Waals surface area (Å²) < 4.78 is 5.01. The normalized spacial score (nSPS) is 9.69. The van der Waals surface area contributed by atoms with Crippen molar-refractivity contribution in [2.24, 2.45) is 0 Å². The molecule has 1 radical (unpaired) electrons. The predicted molar refractivity (Wildman–Crippen MR) is 47.9 cm³/mol. The molecule has 0 saturated heterocycles. The molecule has 0 bridgehead atoms. The fourth-order valence-electron chi connectivity index (χ4n) is 1.14. The lowest BCUT2D eigenvalue weighted by Crippen LogP contribution is -2.02. The van der Waals surface area contributed by atoms with Crippen LogP contribution in [0.4, 0.5) is 0 Å². The zero-order valence-corrected chi connectivity index (χ0v) is 7.63. The van der Waals surface area contributed by atoms with Gasteiger partial charge in [-0.2, -0.15) is 0 Å². The highest BCUT2D eigenvalue weighted by Crippen LogP contribution is 2.19. The fourth-order valence-corrected chi connectivity index (χ4v) is 1.14. The summed E-state index contributed by atoms with van der Waals surface area (Å²) >= 11 is 0. The molecule has 3 nitrogen and oxygen atoms in total. The smallest absolute Gasteiger partial charge is 0.307 e. The van der Waals surface area contributed by atoms with Gasteiger partial charge in [0.05, 0.1) is 13.5 Å². The van der Waals surface area contributed by atoms with Gasteiger partial charge in [-0.25, -0.2) is 0 Å². The average molecular weight is 179 g/mol. The summed E-state index contributed by atoms with van der Waals surface area (Å²) in [5, 5.41) is 8.61. The van der Waals surface area contributed by atoms with E-state index in [1.807, 2.05) is 6.92 Å². The van der Waals surface area contributed by atoms with Gasteiger partial charge in [0.1, 0.15) is 5.75 Å². The molecule has 0 aliphatic rings. The maximum Gasteiger partial charge on any atom is 0.307 e. The molecule has 0 amide bonds. The number of hydrogen-bond acceptors (Lipinski definition) is 2. The van der Waals surface area contributed by atoms with Crippen molar-refractivity contribution < 1.29 is 14.6 Å². The minimum absolute atomic E-state index is 0.0152. The van der Waals surface area contributed by atoms with Crippen molar-refractivity contribution in [3.63, 3.8) is 0 Å². The molecule has 0 heterocycles. The number of methoxy groups -OCH3 is 1. The Balaban J connectivity index is 3.01. The molecule has 1 rings (SSSR count). The summed E-state index contributed by atoms with van der Waals surface area (Å²) in [7, 11) is 1.52. The number of benzene rings is 1. The molecule has 3 heteroatoms. The number of carbonyl (C=O) groups is 1. The zero-order valence-electron chi connectivity index (χ0n) is 7.63. The molecule has 0 saturated carbocycles. The number of hydrogen-bond donors (Lipinski definition) is 1. The van der Waals surface area contributed by atoms with Crippen molar-refractivity contribution in [1.82, 2.24) is 0 Å². The van der Waals surface area contributed by atoms with E-state index in [1.165, 1.54) is 7.11 Å². The lowest BCUT2D eigenvalue weighted by Gasteiger charge is -2.06. The van der Waals surface area contributed by atoms with Crippen LogP contribution in [0.5, 0.6) is 5.75 Å². The lowest BCUT2D eigenvalue weighted by atomic mass is 10.1. The minimum atomic E-state index is -0.857. The summed E-state index contributed by atoms with van der Waals surface area (Å²) in [5.74, 6) is -0.281. The highest BCUT2D eigenvalue weighted by Gasteiger charge is 2.06. The van der Waals surface area contributed by atoms with Gasteiger partial charge < -0.3 is 9.84 Å². The second-order valence-electron chi connectivity index (χ2n) is 2.78. The van der Waals surface area contributed by atoms with Gasteiger partial charge >= 0.3 is 5.97 Å². The quantitative estimate of drug-likeness (QED) is 0.763. The first-order chi connectivity index (χ1) is 6.13. The topological polar surface area (TPSA) is 46.5 Å². The van der Waals surface area contributed by atoms with Gasteiger partial charge in [0.15, 0.2) is 0 Å². The summed E-state index contributed by atoms with van der Waals surface area (Å²) in [4.78, 5) is 10.5. The van der Waals surface area contributed by atoms with E-state index in [2.05, 4.69) is 6.07 Å². The molecule has 0 aliphatic heterocycles. The molecule has 69 valence electrons. The second-order valence-corrected chi connectivity index (χ2v) is 2.78. The molecule has 13 heavy (non-hydrogen) atoms. The van der Waals surface area contributed by atoms with E-state index in [0.29, 0.717) is 11.3 Å². The Morgan fingerprint density at radius 3 is 2.92 bits per heavy atom. The Morgan fingerprint density at radius 2 is 2.38 bits per heavy atom. The third-order valence-electron chi connectivity index (χ3n) is 1.70. The number of carboxylic acids is 1. The number of ether oxygens (including phenoxy) is 1. The molecule has 1 N–H and O–H groups in total. The van der Waals surface area contributed by atoms with Crippen LogP contribution in [0, 0.1) is 13.0 Å². The molecule has 1 aromatic carbocycles. The molecule has 0 fully saturated rings. The van der Waals surface area contributed by atoms with Crippen LogP contribution in [-0.2, 0) is 11.2 Å². The van der Waals surface area contributed by atoms with Gasteiger partial charge in [-0.3, -0.25) is 4.79 Å². The molecule has 0 aromatic heterocycles. The van der Waals surface area contributed by atoms with Gasteiger partial charge in [-0.15, -0.1) is 0 Å². The van der Waals surface area contributed by atoms with Crippen molar-refractivity contribution >= 4 is 5.97 Å². The number of rotatable bonds is 3. The maximum atomic E-state index is 10.5. The van der Waals surface area contributed by atoms with Crippen LogP contribution in [0.1, 0.15) is 11.1 Å². The van der Waals surface area contributed by atoms with Crippen LogP contribution in [-0.4, -0.2) is 18.2 Å². The summed E-state index contributed by atoms with van der Waals surface area (Å²) in [5.41, 5.74) is 1.60. The molecule has 0 spiro atoms. The highest BCUT2D eigenvalue weighted by atomic mass is 16.5. The maximum absolute atomic E-state index is 10.5. The summed E-state index contributed by atoms with van der Waals surface area (Å²) in [6.07, 6.45) is -0.0152. The minimum Gasteiger partial charge on any atom is -0.496 e. The molecular formula is C10H11O3. The third-order valence-corrected chi connectivity index (χ3v) is 1.70. The van der Waals surface area contributed by atoms with E-state index in [-0.39, 0.29) is 6.42 Å². The molecule has 0 atom stereocenters. The monoisotopic (exact) mass is 179 g/mol. The van der Waals surface area contributed by atoms with Crippen LogP contribution in [0.15, 0.2) is 12.1 Å². The molecular weight excluding hydrogens is 168 g/mol. The first-order valence-corrected chi connectivity index (χ1v) is 3.90. The van der Waals surface area contributed by atoms with E-state index in [4.69, 9.17) is 9.84 Å². The van der Waals surface area contributed by atoms with Crippen LogP contribution in [0.3, 0.4) is 0 Å². The summed E-state index contributed by atoms with van der Waals surface area (Å²) in [6.45, 7) is 1.87. The van der Waals surface area contributed by atoms with Gasteiger partial charge in [0.2, 0.25) is 0 Å². The molecule has 0 aliphatic carbocycles. The lowest BCUT2D eigenvalue weighted by molar-refractivity contribution is -0.136. The van der Waals surface area contributed by atoms with Gasteiger partial charge in [-0.05, 0) is 24.6 Å². The molecule has 1 aromatic rings. The van der Waals surface area contributed by atoms with Crippen LogP contribution >= 0.6 is 0 Å². The van der Waals surface area contributed by atoms with Crippen molar-refractivity contribution in [2.45, 2.75) is 13.3 Å². The average Bonchev–Trinajstić information content (AvgIpc) is 2.03. The Hall–Kier alpha value is -1.51. The number of carboxylic acid groups (broad SMARTS) is 1. The van der Waals surface area contributed by atoms with Crippen molar-refractivity contribution in [3.8, 4) is 5.75 Å². The van der Waals surface area contributed by atoms with Crippen LogP contribution in [0.2, 0.25) is 0 Å². The van der Waals surface area contributed by atoms with Gasteiger partial charge in [0.25, 0.3) is 0 Å². The van der Waals surface area contributed by atoms with Gasteiger partial charge in [0, 0.05) is 5.56 Å². The van der Waals surface area contributed by atoms with Crippen molar-refractivity contribution in [1.29, 1.82) is 0 Å². The predicted octanol–water partition coefficient (Wildman–Crippen LogP) is 1.43. The largest absolute Gasteiger partial charge is 0.496 e.